The van der Waals surface area contributed by atoms with E-state index in [-0.39, 0.29) is 0 Å². The van der Waals surface area contributed by atoms with Gasteiger partial charge in [0.15, 0.2) is 5.79 Å². The molecule has 0 aromatic heterocycles. The Morgan fingerprint density at radius 2 is 2.00 bits per heavy atom. The Morgan fingerprint density at radius 3 is 2.00 bits per heavy atom. The number of aliphatic hydroxyl groups is 2. The summed E-state index contributed by atoms with van der Waals surface area (Å²) in [6.45, 7) is 3.32. The summed E-state index contributed by atoms with van der Waals surface area (Å²) in [5, 5.41) is 17.3. The van der Waals surface area contributed by atoms with Crippen LogP contribution in [0.1, 0.15) is 20.3 Å². The van der Waals surface area contributed by atoms with Gasteiger partial charge >= 0.3 is 0 Å². The van der Waals surface area contributed by atoms with Crippen molar-refractivity contribution in [2.45, 2.75) is 26.1 Å². The highest BCUT2D eigenvalue weighted by atomic mass is 16.5. The molecule has 0 saturated carbocycles. The van der Waals surface area contributed by atoms with Gasteiger partial charge in [-0.15, -0.1) is 0 Å². The number of hydrogen-bond donors (Lipinski definition) is 2. The minimum absolute atomic E-state index is 0.351. The van der Waals surface area contributed by atoms with Crippen LogP contribution in [0.5, 0.6) is 0 Å². The maximum absolute atomic E-state index is 8.63. The first-order valence-corrected chi connectivity index (χ1v) is 2.37. The Kier molecular flexibility index (Phi) is 2.26. The summed E-state index contributed by atoms with van der Waals surface area (Å²) in [7, 11) is 0. The molecule has 43 valence electrons. The third-order valence-corrected chi connectivity index (χ3v) is 0.983. The molecule has 7 heavy (non-hydrogen) atoms. The van der Waals surface area contributed by atoms with Gasteiger partial charge in [0.1, 0.15) is 0 Å². The van der Waals surface area contributed by atoms with E-state index in [1.807, 2.05) is 0 Å². The summed E-state index contributed by atoms with van der Waals surface area (Å²) in [6, 6.07) is 0. The van der Waals surface area contributed by atoms with Crippen LogP contribution in [0.15, 0.2) is 0 Å². The Hall–Kier alpha value is -0.0800. The van der Waals surface area contributed by atoms with Gasteiger partial charge in [-0.2, -0.15) is 0 Å². The molecule has 0 aromatic rings. The largest absolute Gasteiger partial charge is 0.365 e. The average molecular weight is 103 g/mol. The standard InChI is InChI=1S/C5H11O2/c1-3-5(6,7)4-2/h3,6-7H,4H2,1-2H3. The second-order valence-electron chi connectivity index (χ2n) is 1.52. The molecule has 0 spiro atoms. The van der Waals surface area contributed by atoms with Crippen molar-refractivity contribution in [3.8, 4) is 0 Å². The van der Waals surface area contributed by atoms with Crippen LogP contribution in [-0.4, -0.2) is 16.0 Å². The Morgan fingerprint density at radius 1 is 1.57 bits per heavy atom. The second kappa shape index (κ2) is 2.28. The van der Waals surface area contributed by atoms with Gasteiger partial charge in [-0.25, -0.2) is 0 Å². The summed E-state index contributed by atoms with van der Waals surface area (Å²) in [5.41, 5.74) is 0. The summed E-state index contributed by atoms with van der Waals surface area (Å²) in [4.78, 5) is 0. The molecule has 0 heterocycles. The molecule has 0 aromatic carbocycles. The van der Waals surface area contributed by atoms with Gasteiger partial charge in [-0.05, 0) is 6.42 Å². The molecule has 0 aliphatic carbocycles. The Balaban J connectivity index is 3.36. The topological polar surface area (TPSA) is 40.5 Å². The van der Waals surface area contributed by atoms with Gasteiger partial charge < -0.3 is 10.2 Å². The van der Waals surface area contributed by atoms with Crippen molar-refractivity contribution in [1.82, 2.24) is 0 Å². The fourth-order valence-electron chi connectivity index (χ4n) is 0.204. The lowest BCUT2D eigenvalue weighted by molar-refractivity contribution is -0.133. The highest BCUT2D eigenvalue weighted by molar-refractivity contribution is 4.75. The second-order valence-corrected chi connectivity index (χ2v) is 1.52. The first-order valence-electron chi connectivity index (χ1n) is 2.37. The molecule has 2 N–H and O–H groups in total. The van der Waals surface area contributed by atoms with E-state index in [0.717, 1.165) is 0 Å². The van der Waals surface area contributed by atoms with E-state index in [1.54, 1.807) is 13.8 Å². The fourth-order valence-corrected chi connectivity index (χ4v) is 0.204. The molecular formula is C5H11O2. The van der Waals surface area contributed by atoms with E-state index in [0.29, 0.717) is 6.42 Å². The van der Waals surface area contributed by atoms with E-state index >= 15 is 0 Å². The highest BCUT2D eigenvalue weighted by Gasteiger charge is 2.15. The summed E-state index contributed by atoms with van der Waals surface area (Å²) in [6.07, 6.45) is 1.70. The van der Waals surface area contributed by atoms with Crippen molar-refractivity contribution in [1.29, 1.82) is 0 Å². The molecule has 0 amide bonds. The predicted molar refractivity (Wildman–Crippen MR) is 27.4 cm³/mol. The zero-order valence-electron chi connectivity index (χ0n) is 4.68. The van der Waals surface area contributed by atoms with Gasteiger partial charge in [-0.1, -0.05) is 13.8 Å². The van der Waals surface area contributed by atoms with Crippen LogP contribution in [-0.2, 0) is 0 Å². The minimum Gasteiger partial charge on any atom is -0.365 e. The van der Waals surface area contributed by atoms with Gasteiger partial charge in [0.05, 0.1) is 0 Å². The first kappa shape index (κ1) is 6.92. The molecular weight excluding hydrogens is 92.1 g/mol. The first-order chi connectivity index (χ1) is 3.12. The summed E-state index contributed by atoms with van der Waals surface area (Å²) >= 11 is 0. The van der Waals surface area contributed by atoms with Crippen molar-refractivity contribution in [3.63, 3.8) is 0 Å². The molecule has 2 heteroatoms. The third kappa shape index (κ3) is 2.60. The summed E-state index contributed by atoms with van der Waals surface area (Å²) < 4.78 is 0. The molecule has 0 fully saturated rings. The quantitative estimate of drug-likeness (QED) is 0.493. The molecule has 0 bridgehead atoms. The van der Waals surface area contributed by atoms with Crippen LogP contribution in [0.4, 0.5) is 0 Å². The molecule has 0 aliphatic rings. The SMILES string of the molecule is C[CH]C(O)(O)CC. The smallest absolute Gasteiger partial charge is 0.165 e. The Labute approximate surface area is 43.8 Å². The van der Waals surface area contributed by atoms with Crippen LogP contribution in [0.25, 0.3) is 0 Å². The van der Waals surface area contributed by atoms with Crippen molar-refractivity contribution in [2.24, 2.45) is 0 Å². The van der Waals surface area contributed by atoms with E-state index < -0.39 is 5.79 Å². The third-order valence-electron chi connectivity index (χ3n) is 0.983. The van der Waals surface area contributed by atoms with Gasteiger partial charge in [0, 0.05) is 6.42 Å². The van der Waals surface area contributed by atoms with Gasteiger partial charge in [0.2, 0.25) is 0 Å². The lowest BCUT2D eigenvalue weighted by atomic mass is 10.2. The number of hydrogen-bond acceptors (Lipinski definition) is 2. The Bertz CT molecular complexity index is 44.0. The molecule has 1 radical (unpaired) electrons. The van der Waals surface area contributed by atoms with E-state index in [9.17, 15) is 0 Å². The van der Waals surface area contributed by atoms with E-state index in [1.165, 1.54) is 6.42 Å². The lowest BCUT2D eigenvalue weighted by Gasteiger charge is -2.15. The van der Waals surface area contributed by atoms with Crippen LogP contribution in [0, 0.1) is 6.42 Å². The number of rotatable bonds is 2. The molecule has 0 saturated heterocycles. The molecule has 0 unspecified atom stereocenters. The highest BCUT2D eigenvalue weighted by Crippen LogP contribution is 2.06. The lowest BCUT2D eigenvalue weighted by Crippen LogP contribution is -2.25. The zero-order valence-corrected chi connectivity index (χ0v) is 4.68. The maximum Gasteiger partial charge on any atom is 0.165 e. The van der Waals surface area contributed by atoms with Gasteiger partial charge in [-0.3, -0.25) is 0 Å². The molecule has 2 nitrogen and oxygen atoms in total. The molecule has 0 atom stereocenters. The summed E-state index contributed by atoms with van der Waals surface area (Å²) in [5.74, 6) is -1.54. The molecule has 0 rings (SSSR count). The van der Waals surface area contributed by atoms with E-state index in [4.69, 9.17) is 10.2 Å². The van der Waals surface area contributed by atoms with Crippen molar-refractivity contribution in [3.05, 3.63) is 6.42 Å². The minimum atomic E-state index is -1.54. The predicted octanol–water partition coefficient (Wildman–Crippen LogP) is 0.301. The average Bonchev–Trinajstić information content (AvgIpc) is 1.68. The van der Waals surface area contributed by atoms with E-state index in [2.05, 4.69) is 0 Å². The van der Waals surface area contributed by atoms with Crippen LogP contribution >= 0.6 is 0 Å². The van der Waals surface area contributed by atoms with Crippen molar-refractivity contribution < 1.29 is 10.2 Å². The zero-order chi connectivity index (χ0) is 5.91. The van der Waals surface area contributed by atoms with Crippen LogP contribution in [0.2, 0.25) is 0 Å². The van der Waals surface area contributed by atoms with Gasteiger partial charge in [0.25, 0.3) is 0 Å². The monoisotopic (exact) mass is 103 g/mol. The normalized spacial score (nSPS) is 12.0. The molecule has 0 aliphatic heterocycles. The fraction of sp³-hybridized carbons (Fsp3) is 0.800. The van der Waals surface area contributed by atoms with Crippen molar-refractivity contribution >= 4 is 0 Å². The van der Waals surface area contributed by atoms with Crippen LogP contribution in [0.3, 0.4) is 0 Å². The maximum atomic E-state index is 8.63. The van der Waals surface area contributed by atoms with Crippen LogP contribution < -0.4 is 0 Å². The van der Waals surface area contributed by atoms with Crippen molar-refractivity contribution in [2.75, 3.05) is 0 Å².